The molecule has 1 nitrogen and oxygen atoms in total. The van der Waals surface area contributed by atoms with Crippen LogP contribution < -0.4 is 0 Å². The van der Waals surface area contributed by atoms with Crippen LogP contribution in [0.5, 0.6) is 0 Å². The van der Waals surface area contributed by atoms with Gasteiger partial charge in [-0.2, -0.15) is 0 Å². The number of fused-ring (bicyclic) bond motifs is 2. The van der Waals surface area contributed by atoms with Crippen molar-refractivity contribution >= 4 is 0 Å². The molecule has 0 amide bonds. The van der Waals surface area contributed by atoms with Crippen LogP contribution in [0.25, 0.3) is 0 Å². The number of hydrogen-bond donors (Lipinski definition) is 1. The van der Waals surface area contributed by atoms with Crippen LogP contribution in [0, 0.1) is 53.3 Å². The summed E-state index contributed by atoms with van der Waals surface area (Å²) in [6.45, 7) is 5.48. The summed E-state index contributed by atoms with van der Waals surface area (Å²) in [4.78, 5) is 0. The van der Waals surface area contributed by atoms with Gasteiger partial charge >= 0.3 is 0 Å². The van der Waals surface area contributed by atoms with E-state index in [9.17, 15) is 5.11 Å². The number of aliphatic hydroxyl groups excluding tert-OH is 1. The molecular weight excluding hydrogens is 256 g/mol. The molecule has 0 radical (unpaired) electrons. The maximum Gasteiger partial charge on any atom is 0.0459 e. The molecule has 0 aliphatic heterocycles. The third-order valence-corrected chi connectivity index (χ3v) is 8.24. The average Bonchev–Trinajstić information content (AvgIpc) is 2.94. The van der Waals surface area contributed by atoms with Crippen molar-refractivity contribution in [3.8, 4) is 0 Å². The smallest absolute Gasteiger partial charge is 0.0459 e. The van der Waals surface area contributed by atoms with Crippen LogP contribution in [0.2, 0.25) is 0 Å². The molecule has 4 aliphatic carbocycles. The second kappa shape index (κ2) is 5.55. The first kappa shape index (κ1) is 14.5. The zero-order chi connectivity index (χ0) is 14.6. The standard InChI is InChI=1S/C20H34O/c1-12-8-15-6-7-17(19(15)9-12)20-13(2)18-10-14(11-21)4-3-5-16(18)20/h12-21H,3-11H2,1-2H3. The van der Waals surface area contributed by atoms with Gasteiger partial charge in [-0.3, -0.25) is 0 Å². The van der Waals surface area contributed by atoms with Crippen LogP contribution in [0.4, 0.5) is 0 Å². The van der Waals surface area contributed by atoms with Gasteiger partial charge in [0.1, 0.15) is 0 Å². The van der Waals surface area contributed by atoms with E-state index < -0.39 is 0 Å². The normalized spacial score (nSPS) is 56.4. The highest BCUT2D eigenvalue weighted by molar-refractivity contribution is 5.04. The first-order valence-corrected chi connectivity index (χ1v) is 9.79. The van der Waals surface area contributed by atoms with Gasteiger partial charge in [-0.25, -0.2) is 0 Å². The molecule has 0 aromatic carbocycles. The lowest BCUT2D eigenvalue weighted by Gasteiger charge is -2.55. The van der Waals surface area contributed by atoms with E-state index in [4.69, 9.17) is 0 Å². The van der Waals surface area contributed by atoms with Gasteiger partial charge in [-0.1, -0.05) is 20.3 Å². The Balaban J connectivity index is 1.47. The largest absolute Gasteiger partial charge is 0.396 e. The van der Waals surface area contributed by atoms with Crippen molar-refractivity contribution in [1.29, 1.82) is 0 Å². The zero-order valence-corrected chi connectivity index (χ0v) is 14.0. The van der Waals surface area contributed by atoms with Gasteiger partial charge in [-0.05, 0) is 98.2 Å². The summed E-state index contributed by atoms with van der Waals surface area (Å²) >= 11 is 0. The Hall–Kier alpha value is -0.0400. The van der Waals surface area contributed by atoms with Crippen LogP contribution in [0.1, 0.15) is 65.2 Å². The molecule has 0 heterocycles. The Morgan fingerprint density at radius 3 is 2.43 bits per heavy atom. The first-order chi connectivity index (χ1) is 10.2. The average molecular weight is 290 g/mol. The van der Waals surface area contributed by atoms with Crippen molar-refractivity contribution < 1.29 is 5.11 Å². The van der Waals surface area contributed by atoms with Crippen LogP contribution >= 0.6 is 0 Å². The summed E-state index contributed by atoms with van der Waals surface area (Å²) in [5.74, 6) is 8.84. The molecule has 0 saturated heterocycles. The summed E-state index contributed by atoms with van der Waals surface area (Å²) in [6.07, 6.45) is 11.6. The highest BCUT2D eigenvalue weighted by atomic mass is 16.3. The van der Waals surface area contributed by atoms with E-state index in [-0.39, 0.29) is 0 Å². The molecule has 9 unspecified atom stereocenters. The Kier molecular flexibility index (Phi) is 3.84. The predicted octanol–water partition coefficient (Wildman–Crippen LogP) is 4.74. The lowest BCUT2D eigenvalue weighted by Crippen LogP contribution is -2.49. The third kappa shape index (κ3) is 2.30. The van der Waals surface area contributed by atoms with E-state index in [0.717, 1.165) is 47.3 Å². The quantitative estimate of drug-likeness (QED) is 0.779. The molecular formula is C20H34O. The van der Waals surface area contributed by atoms with Gasteiger partial charge in [0.05, 0.1) is 0 Å². The summed E-state index contributed by atoms with van der Waals surface area (Å²) < 4.78 is 0. The Bertz CT molecular complexity index is 378. The fourth-order valence-corrected chi connectivity index (χ4v) is 7.42. The molecule has 1 heteroatoms. The first-order valence-electron chi connectivity index (χ1n) is 9.79. The van der Waals surface area contributed by atoms with Gasteiger partial charge in [0, 0.05) is 6.61 Å². The Morgan fingerprint density at radius 2 is 1.62 bits per heavy atom. The fraction of sp³-hybridized carbons (Fsp3) is 1.00. The lowest BCUT2D eigenvalue weighted by molar-refractivity contribution is -0.0713. The summed E-state index contributed by atoms with van der Waals surface area (Å²) in [7, 11) is 0. The van der Waals surface area contributed by atoms with Gasteiger partial charge in [-0.15, -0.1) is 0 Å². The molecule has 4 aliphatic rings. The summed E-state index contributed by atoms with van der Waals surface area (Å²) in [6, 6.07) is 0. The molecule has 0 aromatic rings. The second-order valence-electron chi connectivity index (χ2n) is 9.22. The van der Waals surface area contributed by atoms with Gasteiger partial charge in [0.25, 0.3) is 0 Å². The van der Waals surface area contributed by atoms with Crippen LogP contribution in [0.15, 0.2) is 0 Å². The van der Waals surface area contributed by atoms with Crippen molar-refractivity contribution in [3.63, 3.8) is 0 Å². The SMILES string of the molecule is CC1CC2CCC(C3C(C)C4CC(CO)CCCC43)C2C1. The maximum absolute atomic E-state index is 9.56. The van der Waals surface area contributed by atoms with Crippen molar-refractivity contribution in [2.75, 3.05) is 6.61 Å². The molecule has 0 bridgehead atoms. The van der Waals surface area contributed by atoms with E-state index in [1.807, 2.05) is 0 Å². The Morgan fingerprint density at radius 1 is 0.810 bits per heavy atom. The molecule has 4 fully saturated rings. The minimum Gasteiger partial charge on any atom is -0.396 e. The molecule has 21 heavy (non-hydrogen) atoms. The number of rotatable bonds is 2. The monoisotopic (exact) mass is 290 g/mol. The third-order valence-electron chi connectivity index (χ3n) is 8.24. The van der Waals surface area contributed by atoms with Crippen molar-refractivity contribution in [2.24, 2.45) is 53.3 Å². The van der Waals surface area contributed by atoms with Gasteiger partial charge < -0.3 is 5.11 Å². The van der Waals surface area contributed by atoms with Crippen LogP contribution in [0.3, 0.4) is 0 Å². The highest BCUT2D eigenvalue weighted by Gasteiger charge is 2.56. The molecule has 9 atom stereocenters. The van der Waals surface area contributed by atoms with E-state index in [1.54, 1.807) is 12.8 Å². The van der Waals surface area contributed by atoms with Crippen LogP contribution in [-0.4, -0.2) is 11.7 Å². The maximum atomic E-state index is 9.56. The Labute approximate surface area is 130 Å². The topological polar surface area (TPSA) is 20.2 Å². The summed E-state index contributed by atoms with van der Waals surface area (Å²) in [5.41, 5.74) is 0. The minimum absolute atomic E-state index is 0.437. The molecule has 0 aromatic heterocycles. The predicted molar refractivity (Wildman–Crippen MR) is 86.8 cm³/mol. The zero-order valence-electron chi connectivity index (χ0n) is 14.0. The van der Waals surface area contributed by atoms with Crippen molar-refractivity contribution in [2.45, 2.75) is 65.2 Å². The van der Waals surface area contributed by atoms with Crippen molar-refractivity contribution in [3.05, 3.63) is 0 Å². The second-order valence-corrected chi connectivity index (χ2v) is 9.22. The molecule has 4 rings (SSSR count). The van der Waals surface area contributed by atoms with Crippen molar-refractivity contribution in [1.82, 2.24) is 0 Å². The molecule has 4 saturated carbocycles. The lowest BCUT2D eigenvalue weighted by atomic mass is 9.50. The summed E-state index contributed by atoms with van der Waals surface area (Å²) in [5, 5.41) is 9.56. The van der Waals surface area contributed by atoms with E-state index in [0.29, 0.717) is 12.5 Å². The number of aliphatic hydroxyl groups is 1. The van der Waals surface area contributed by atoms with E-state index >= 15 is 0 Å². The number of hydrogen-bond acceptors (Lipinski definition) is 1. The van der Waals surface area contributed by atoms with Gasteiger partial charge in [0.15, 0.2) is 0 Å². The van der Waals surface area contributed by atoms with E-state index in [2.05, 4.69) is 13.8 Å². The van der Waals surface area contributed by atoms with Crippen LogP contribution in [-0.2, 0) is 0 Å². The molecule has 0 spiro atoms. The van der Waals surface area contributed by atoms with Gasteiger partial charge in [0.2, 0.25) is 0 Å². The highest BCUT2D eigenvalue weighted by Crippen LogP contribution is 2.63. The van der Waals surface area contributed by atoms with E-state index in [1.165, 1.54) is 38.5 Å². The molecule has 1 N–H and O–H groups in total. The molecule has 120 valence electrons. The fourth-order valence-electron chi connectivity index (χ4n) is 7.42. The minimum atomic E-state index is 0.437.